The van der Waals surface area contributed by atoms with Crippen molar-refractivity contribution in [1.82, 2.24) is 24.5 Å². The highest BCUT2D eigenvalue weighted by atomic mass is 28.4. The van der Waals surface area contributed by atoms with Crippen molar-refractivity contribution in [2.24, 2.45) is 5.92 Å². The molecule has 6 aromatic rings. The summed E-state index contributed by atoms with van der Waals surface area (Å²) < 4.78 is 9.95. The van der Waals surface area contributed by atoms with Crippen molar-refractivity contribution in [3.8, 4) is 11.4 Å². The molecule has 4 N–H and O–H groups in total. The van der Waals surface area contributed by atoms with E-state index in [0.29, 0.717) is 51.9 Å². The van der Waals surface area contributed by atoms with Gasteiger partial charge in [0.15, 0.2) is 13.9 Å². The first-order valence-corrected chi connectivity index (χ1v) is 22.2. The second-order valence-corrected chi connectivity index (χ2v) is 20.0. The Morgan fingerprint density at radius 3 is 2.09 bits per heavy atom. The average molecular weight is 773 g/mol. The number of nitrogens with one attached hydrogen (secondary N) is 2. The van der Waals surface area contributed by atoms with Crippen LogP contribution in [0.2, 0.25) is 18.6 Å². The topological polar surface area (TPSA) is 166 Å². The largest absolute Gasteiger partial charge is 0.432 e. The molecule has 0 aliphatic carbocycles. The molecule has 14 heteroatoms. The van der Waals surface area contributed by atoms with Crippen LogP contribution in [0.3, 0.4) is 0 Å². The monoisotopic (exact) mass is 772 g/mol. The van der Waals surface area contributed by atoms with Gasteiger partial charge in [0.2, 0.25) is 5.91 Å². The van der Waals surface area contributed by atoms with E-state index in [-0.39, 0.29) is 48.5 Å². The van der Waals surface area contributed by atoms with Crippen LogP contribution in [0, 0.1) is 5.92 Å². The van der Waals surface area contributed by atoms with E-state index in [1.165, 1.54) is 9.36 Å². The smallest absolute Gasteiger partial charge is 0.279 e. The molecular weight excluding hydrogens is 729 g/mol. The van der Waals surface area contributed by atoms with Crippen molar-refractivity contribution < 1.29 is 24.2 Å². The summed E-state index contributed by atoms with van der Waals surface area (Å²) in [6.45, 7) is 6.15. The van der Waals surface area contributed by atoms with Crippen molar-refractivity contribution in [1.29, 1.82) is 0 Å². The molecule has 0 radical (unpaired) electrons. The Labute approximate surface area is 322 Å². The van der Waals surface area contributed by atoms with Crippen LogP contribution in [0.5, 0.6) is 0 Å². The number of hydrogen-bond donors (Lipinski definition) is 4. The van der Waals surface area contributed by atoms with E-state index in [9.17, 15) is 24.3 Å². The van der Waals surface area contributed by atoms with Crippen molar-refractivity contribution in [3.63, 3.8) is 0 Å². The molecule has 2 amide bonds. The third-order valence-corrected chi connectivity index (χ3v) is 14.7. The molecule has 3 aliphatic heterocycles. The van der Waals surface area contributed by atoms with Crippen LogP contribution in [0.1, 0.15) is 37.3 Å². The maximum atomic E-state index is 15.2. The summed E-state index contributed by atoms with van der Waals surface area (Å²) in [6, 6.07) is 27.2. The van der Waals surface area contributed by atoms with Gasteiger partial charge in [-0.3, -0.25) is 29.4 Å². The van der Waals surface area contributed by atoms with Gasteiger partial charge in [-0.25, -0.2) is 9.36 Å². The molecule has 288 valence electrons. The van der Waals surface area contributed by atoms with Gasteiger partial charge in [-0.1, -0.05) is 43.3 Å². The van der Waals surface area contributed by atoms with Gasteiger partial charge in [-0.15, -0.1) is 0 Å². The van der Waals surface area contributed by atoms with E-state index in [4.69, 9.17) is 4.74 Å². The van der Waals surface area contributed by atoms with Crippen LogP contribution in [0.25, 0.3) is 33.2 Å². The third-order valence-electron chi connectivity index (χ3n) is 12.2. The number of aromatic nitrogens is 4. The molecule has 0 bridgehead atoms. The number of aliphatic hydroxyl groups is 1. The summed E-state index contributed by atoms with van der Waals surface area (Å²) in [5.41, 5.74) is 2.08. The van der Waals surface area contributed by atoms with Crippen LogP contribution in [-0.4, -0.2) is 79.8 Å². The van der Waals surface area contributed by atoms with Gasteiger partial charge >= 0.3 is 0 Å². The molecule has 1 spiro atoms. The lowest BCUT2D eigenvalue weighted by Crippen LogP contribution is -2.46. The minimum absolute atomic E-state index is 0.0391. The van der Waals surface area contributed by atoms with Gasteiger partial charge in [-0.2, -0.15) is 0 Å². The molecular formula is C42H44N6O7Si. The number of H-pyrrole nitrogens is 2. The third kappa shape index (κ3) is 5.53. The highest BCUT2D eigenvalue weighted by Gasteiger charge is 2.66. The second kappa shape index (κ2) is 13.3. The lowest BCUT2D eigenvalue weighted by Gasteiger charge is -2.33. The maximum Gasteiger partial charge on any atom is 0.279 e. The number of nitrogens with zero attached hydrogens (tertiary/aromatic N) is 4. The fourth-order valence-corrected chi connectivity index (χ4v) is 12.2. The Morgan fingerprint density at radius 2 is 1.48 bits per heavy atom. The number of para-hydroxylation sites is 2. The highest BCUT2D eigenvalue weighted by molar-refractivity contribution is 6.71. The Hall–Kier alpha value is -5.54. The fourth-order valence-electron chi connectivity index (χ4n) is 9.62. The number of amides is 2. The van der Waals surface area contributed by atoms with Crippen LogP contribution >= 0.6 is 0 Å². The van der Waals surface area contributed by atoms with Crippen LogP contribution in [-0.2, 0) is 26.5 Å². The van der Waals surface area contributed by atoms with Gasteiger partial charge < -0.3 is 24.4 Å². The molecule has 0 saturated carbocycles. The summed E-state index contributed by atoms with van der Waals surface area (Å²) in [5.74, 6) is -1.03. The standard InChI is InChI=1S/C42H44N6O7Si/c1-25-38(56(2,3)54)36(22-37(50)45-20-8-9-29(45)24-49)55-42(25)32-21-28(48-40(52)31-11-5-7-13-34(31)44-48)18-19-35(32)46(41(42)53)23-26-14-16-27(17-15-26)47-39(51)30-10-4-6-12-33(30)43-47/h4-7,10-19,21,25,29,36,38,43-44,49,54H,8-9,20,22-24H2,1-3H3/t25-,29+,36+,38-,42+/m1/s1. The number of rotatable bonds is 8. The Bertz CT molecular complexity index is 2640. The molecule has 4 aromatic carbocycles. The number of carbonyl (C=O) groups excluding carboxylic acids is 2. The highest BCUT2D eigenvalue weighted by Crippen LogP contribution is 2.60. The molecule has 56 heavy (non-hydrogen) atoms. The lowest BCUT2D eigenvalue weighted by atomic mass is 9.82. The van der Waals surface area contributed by atoms with E-state index in [2.05, 4.69) is 10.2 Å². The zero-order valence-corrected chi connectivity index (χ0v) is 32.4. The number of benzene rings is 4. The van der Waals surface area contributed by atoms with Crippen molar-refractivity contribution in [2.75, 3.05) is 18.1 Å². The molecule has 2 fully saturated rings. The number of aliphatic hydroxyl groups excluding tert-OH is 1. The number of likely N-dealkylation sites (tertiary alicyclic amines) is 1. The average Bonchev–Trinajstić information content (AvgIpc) is 3.99. The minimum atomic E-state index is -3.10. The fraction of sp³-hybridized carbons (Fsp3) is 0.333. The van der Waals surface area contributed by atoms with E-state index in [0.717, 1.165) is 17.5 Å². The number of hydrogen-bond acceptors (Lipinski definition) is 7. The first-order valence-electron chi connectivity index (χ1n) is 19.2. The van der Waals surface area contributed by atoms with Crippen molar-refractivity contribution in [3.05, 3.63) is 123 Å². The maximum absolute atomic E-state index is 15.2. The quantitative estimate of drug-likeness (QED) is 0.163. The van der Waals surface area contributed by atoms with E-state index >= 15 is 4.79 Å². The number of aromatic amines is 2. The molecule has 5 heterocycles. The van der Waals surface area contributed by atoms with E-state index in [1.54, 1.807) is 28.0 Å². The van der Waals surface area contributed by atoms with Gasteiger partial charge in [0.1, 0.15) is 0 Å². The second-order valence-electron chi connectivity index (χ2n) is 16.0. The van der Waals surface area contributed by atoms with Gasteiger partial charge in [0, 0.05) is 23.6 Å². The normalized spacial score (nSPS) is 23.6. The number of carbonyl (C=O) groups is 2. The molecule has 13 nitrogen and oxygen atoms in total. The number of fused-ring (bicyclic) bond motifs is 4. The van der Waals surface area contributed by atoms with Crippen LogP contribution in [0.15, 0.2) is 101 Å². The van der Waals surface area contributed by atoms with Crippen molar-refractivity contribution in [2.45, 2.75) is 69.1 Å². The molecule has 2 aromatic heterocycles. The minimum Gasteiger partial charge on any atom is -0.432 e. The SMILES string of the molecule is C[C@@H]1[C@@H]([Si](C)(C)O)[C@H](CC(=O)N2CCC[C@H]2CO)O[C@@]12C(=O)N(Cc1ccc(-n3[nH]c4ccccc4c3=O)cc1)c1ccc(-n3[nH]c4ccccc4c3=O)cc12. The van der Waals surface area contributed by atoms with E-state index < -0.39 is 31.5 Å². The zero-order chi connectivity index (χ0) is 39.1. The van der Waals surface area contributed by atoms with Crippen LogP contribution in [0.4, 0.5) is 5.69 Å². The zero-order valence-electron chi connectivity index (χ0n) is 31.4. The number of ether oxygens (including phenoxy) is 1. The van der Waals surface area contributed by atoms with Gasteiger partial charge in [0.05, 0.1) is 70.6 Å². The van der Waals surface area contributed by atoms with Crippen LogP contribution < -0.4 is 16.0 Å². The first kappa shape index (κ1) is 36.1. The Balaban J connectivity index is 1.12. The van der Waals surface area contributed by atoms with Gasteiger partial charge in [-0.05, 0) is 86.1 Å². The van der Waals surface area contributed by atoms with Gasteiger partial charge in [0.25, 0.3) is 17.0 Å². The summed E-state index contributed by atoms with van der Waals surface area (Å²) >= 11 is 0. The van der Waals surface area contributed by atoms with E-state index in [1.807, 2.05) is 92.8 Å². The summed E-state index contributed by atoms with van der Waals surface area (Å²) in [6.07, 6.45) is 0.702. The first-order chi connectivity index (χ1) is 26.9. The molecule has 3 aliphatic rings. The molecule has 5 atom stereocenters. The molecule has 0 unspecified atom stereocenters. The Kier molecular flexibility index (Phi) is 8.57. The van der Waals surface area contributed by atoms with Crippen molar-refractivity contribution >= 4 is 47.6 Å². The number of anilines is 1. The summed E-state index contributed by atoms with van der Waals surface area (Å²) in [7, 11) is -3.10. The summed E-state index contributed by atoms with van der Waals surface area (Å²) in [4.78, 5) is 71.1. The predicted octanol–water partition coefficient (Wildman–Crippen LogP) is 4.67. The lowest BCUT2D eigenvalue weighted by molar-refractivity contribution is -0.150. The molecule has 9 rings (SSSR count). The molecule has 2 saturated heterocycles. The Morgan fingerprint density at radius 1 is 0.875 bits per heavy atom. The predicted molar refractivity (Wildman–Crippen MR) is 215 cm³/mol. The summed E-state index contributed by atoms with van der Waals surface area (Å²) in [5, 5.41) is 17.4.